The van der Waals surface area contributed by atoms with Crippen LogP contribution >= 0.6 is 27.3 Å². The van der Waals surface area contributed by atoms with Crippen LogP contribution in [0.1, 0.15) is 30.0 Å². The van der Waals surface area contributed by atoms with E-state index in [2.05, 4.69) is 26.1 Å². The Labute approximate surface area is 136 Å². The standard InChI is InChI=1S/C13H16BrN3O2S2/c1-9-7-12(20-13(9)14)21(18,19)17-6-2-3-10(8-17)11-4-5-15-16-11/h4-5,7,10H,2-3,6,8H2,1H3,(H,15,16). The third kappa shape index (κ3) is 2.94. The topological polar surface area (TPSA) is 66.1 Å². The van der Waals surface area contributed by atoms with Crippen LogP contribution in [0.3, 0.4) is 0 Å². The number of aromatic nitrogens is 2. The molecule has 3 heterocycles. The number of aryl methyl sites for hydroxylation is 1. The van der Waals surface area contributed by atoms with Gasteiger partial charge in [0.05, 0.1) is 3.79 Å². The monoisotopic (exact) mass is 389 g/mol. The first kappa shape index (κ1) is 15.2. The van der Waals surface area contributed by atoms with Crippen molar-refractivity contribution in [2.24, 2.45) is 0 Å². The molecule has 0 amide bonds. The first-order chi connectivity index (χ1) is 9.98. The van der Waals surface area contributed by atoms with Gasteiger partial charge in [0, 0.05) is 30.9 Å². The smallest absolute Gasteiger partial charge is 0.252 e. The largest absolute Gasteiger partial charge is 0.282 e. The highest BCUT2D eigenvalue weighted by Crippen LogP contribution is 2.35. The third-order valence-electron chi connectivity index (χ3n) is 3.77. The molecule has 2 aromatic rings. The molecule has 5 nitrogen and oxygen atoms in total. The van der Waals surface area contributed by atoms with Gasteiger partial charge in [-0.15, -0.1) is 11.3 Å². The van der Waals surface area contributed by atoms with Crippen LogP contribution in [0.25, 0.3) is 0 Å². The van der Waals surface area contributed by atoms with Crippen LogP contribution in [-0.2, 0) is 10.0 Å². The van der Waals surface area contributed by atoms with Crippen molar-refractivity contribution in [3.05, 3.63) is 33.4 Å². The molecular formula is C13H16BrN3O2S2. The van der Waals surface area contributed by atoms with Crippen LogP contribution in [0.2, 0.25) is 0 Å². The Morgan fingerprint density at radius 3 is 2.95 bits per heavy atom. The summed E-state index contributed by atoms with van der Waals surface area (Å²) in [5.41, 5.74) is 1.97. The summed E-state index contributed by atoms with van der Waals surface area (Å²) in [6.07, 6.45) is 3.57. The highest BCUT2D eigenvalue weighted by Gasteiger charge is 2.32. The molecule has 0 spiro atoms. The molecule has 1 atom stereocenters. The quantitative estimate of drug-likeness (QED) is 0.876. The third-order valence-corrected chi connectivity index (χ3v) is 8.23. The molecule has 1 N–H and O–H groups in total. The van der Waals surface area contributed by atoms with Crippen molar-refractivity contribution in [1.29, 1.82) is 0 Å². The zero-order chi connectivity index (χ0) is 15.0. The molecule has 21 heavy (non-hydrogen) atoms. The summed E-state index contributed by atoms with van der Waals surface area (Å²) >= 11 is 4.68. The van der Waals surface area contributed by atoms with Crippen LogP contribution in [0.4, 0.5) is 0 Å². The molecule has 1 saturated heterocycles. The number of thiophene rings is 1. The summed E-state index contributed by atoms with van der Waals surface area (Å²) in [7, 11) is -3.40. The molecule has 0 bridgehead atoms. The fraction of sp³-hybridized carbons (Fsp3) is 0.462. The van der Waals surface area contributed by atoms with E-state index < -0.39 is 10.0 Å². The Morgan fingerprint density at radius 1 is 1.52 bits per heavy atom. The van der Waals surface area contributed by atoms with E-state index in [1.807, 2.05) is 13.0 Å². The van der Waals surface area contributed by atoms with Gasteiger partial charge in [0.1, 0.15) is 4.21 Å². The van der Waals surface area contributed by atoms with Gasteiger partial charge in [0.15, 0.2) is 0 Å². The summed E-state index contributed by atoms with van der Waals surface area (Å²) in [6.45, 7) is 3.00. The molecule has 0 radical (unpaired) electrons. The fourth-order valence-electron chi connectivity index (χ4n) is 2.59. The predicted molar refractivity (Wildman–Crippen MR) is 86.1 cm³/mol. The van der Waals surface area contributed by atoms with E-state index in [0.717, 1.165) is 27.9 Å². The first-order valence-electron chi connectivity index (χ1n) is 6.74. The highest BCUT2D eigenvalue weighted by atomic mass is 79.9. The number of rotatable bonds is 3. The van der Waals surface area contributed by atoms with Crippen molar-refractivity contribution in [3.63, 3.8) is 0 Å². The maximum Gasteiger partial charge on any atom is 0.252 e. The minimum Gasteiger partial charge on any atom is -0.282 e. The summed E-state index contributed by atoms with van der Waals surface area (Å²) in [5, 5.41) is 6.92. The summed E-state index contributed by atoms with van der Waals surface area (Å²) in [6, 6.07) is 3.66. The van der Waals surface area contributed by atoms with Crippen LogP contribution in [-0.4, -0.2) is 36.0 Å². The Balaban J connectivity index is 1.85. The summed E-state index contributed by atoms with van der Waals surface area (Å²) < 4.78 is 28.4. The van der Waals surface area contributed by atoms with Crippen molar-refractivity contribution < 1.29 is 8.42 Å². The molecule has 0 saturated carbocycles. The minimum atomic E-state index is -3.40. The molecule has 0 aromatic carbocycles. The predicted octanol–water partition coefficient (Wildman–Crippen LogP) is 3.11. The van der Waals surface area contributed by atoms with Gasteiger partial charge in [-0.2, -0.15) is 9.40 Å². The Hall–Kier alpha value is -0.700. The molecule has 8 heteroatoms. The van der Waals surface area contributed by atoms with Crippen LogP contribution < -0.4 is 0 Å². The fourth-order valence-corrected chi connectivity index (χ4v) is 6.50. The lowest BCUT2D eigenvalue weighted by Gasteiger charge is -2.30. The van der Waals surface area contributed by atoms with E-state index in [9.17, 15) is 8.42 Å². The molecule has 0 aliphatic carbocycles. The van der Waals surface area contributed by atoms with E-state index in [-0.39, 0.29) is 5.92 Å². The lowest BCUT2D eigenvalue weighted by Crippen LogP contribution is -2.38. The van der Waals surface area contributed by atoms with Crippen molar-refractivity contribution >= 4 is 37.3 Å². The number of hydrogen-bond donors (Lipinski definition) is 1. The van der Waals surface area contributed by atoms with Crippen LogP contribution in [0, 0.1) is 6.92 Å². The van der Waals surface area contributed by atoms with Crippen molar-refractivity contribution in [1.82, 2.24) is 14.5 Å². The average Bonchev–Trinajstić information content (AvgIpc) is 3.10. The Kier molecular flexibility index (Phi) is 4.22. The molecular weight excluding hydrogens is 374 g/mol. The minimum absolute atomic E-state index is 0.195. The van der Waals surface area contributed by atoms with Gasteiger partial charge in [-0.05, 0) is 53.4 Å². The van der Waals surface area contributed by atoms with Gasteiger partial charge in [-0.25, -0.2) is 8.42 Å². The Bertz CT molecular complexity index is 705. The lowest BCUT2D eigenvalue weighted by molar-refractivity contribution is 0.313. The maximum atomic E-state index is 12.8. The van der Waals surface area contributed by atoms with E-state index in [4.69, 9.17) is 0 Å². The average molecular weight is 390 g/mol. The number of sulfonamides is 1. The number of nitrogens with one attached hydrogen (secondary N) is 1. The molecule has 114 valence electrons. The number of H-pyrrole nitrogens is 1. The summed E-state index contributed by atoms with van der Waals surface area (Å²) in [5.74, 6) is 0.195. The lowest BCUT2D eigenvalue weighted by atomic mass is 9.96. The number of nitrogens with zero attached hydrogens (tertiary/aromatic N) is 2. The van der Waals surface area contributed by atoms with E-state index in [1.165, 1.54) is 11.3 Å². The molecule has 1 fully saturated rings. The molecule has 1 aliphatic rings. The number of aromatic amines is 1. The first-order valence-corrected chi connectivity index (χ1v) is 9.79. The second kappa shape index (κ2) is 5.83. The zero-order valence-electron chi connectivity index (χ0n) is 11.5. The van der Waals surface area contributed by atoms with Gasteiger partial charge in [-0.3, -0.25) is 5.10 Å². The number of hydrogen-bond acceptors (Lipinski definition) is 4. The van der Waals surface area contributed by atoms with Gasteiger partial charge in [0.25, 0.3) is 10.0 Å². The second-order valence-corrected chi connectivity index (χ2v) is 9.77. The zero-order valence-corrected chi connectivity index (χ0v) is 14.8. The van der Waals surface area contributed by atoms with Crippen molar-refractivity contribution in [3.8, 4) is 0 Å². The molecule has 2 aromatic heterocycles. The van der Waals surface area contributed by atoms with Gasteiger partial charge in [0.2, 0.25) is 0 Å². The van der Waals surface area contributed by atoms with E-state index in [1.54, 1.807) is 16.6 Å². The van der Waals surface area contributed by atoms with E-state index >= 15 is 0 Å². The number of halogens is 1. The molecule has 3 rings (SSSR count). The normalized spacial score (nSPS) is 20.8. The molecule has 1 unspecified atom stereocenters. The number of piperidine rings is 1. The Morgan fingerprint density at radius 2 is 2.33 bits per heavy atom. The highest BCUT2D eigenvalue weighted by molar-refractivity contribution is 9.11. The van der Waals surface area contributed by atoms with Crippen molar-refractivity contribution in [2.45, 2.75) is 29.9 Å². The summed E-state index contributed by atoms with van der Waals surface area (Å²) in [4.78, 5) is 0. The van der Waals surface area contributed by atoms with Gasteiger partial charge >= 0.3 is 0 Å². The maximum absolute atomic E-state index is 12.8. The van der Waals surface area contributed by atoms with Gasteiger partial charge < -0.3 is 0 Å². The van der Waals surface area contributed by atoms with Crippen LogP contribution in [0.15, 0.2) is 26.3 Å². The SMILES string of the molecule is Cc1cc(S(=O)(=O)N2CCCC(c3ccn[nH]3)C2)sc1Br. The van der Waals surface area contributed by atoms with Gasteiger partial charge in [-0.1, -0.05) is 0 Å². The van der Waals surface area contributed by atoms with Crippen LogP contribution in [0.5, 0.6) is 0 Å². The van der Waals surface area contributed by atoms with Crippen molar-refractivity contribution in [2.75, 3.05) is 13.1 Å². The second-order valence-electron chi connectivity index (χ2n) is 5.24. The van der Waals surface area contributed by atoms with E-state index in [0.29, 0.717) is 17.3 Å². The molecule has 1 aliphatic heterocycles.